The fraction of sp³-hybridized carbons (Fsp3) is 0.562. The van der Waals surface area contributed by atoms with E-state index in [1.807, 2.05) is 23.5 Å². The first-order chi connectivity index (χ1) is 11.6. The van der Waals surface area contributed by atoms with E-state index >= 15 is 0 Å². The summed E-state index contributed by atoms with van der Waals surface area (Å²) < 4.78 is 3.77. The van der Waals surface area contributed by atoms with E-state index in [-0.39, 0.29) is 5.91 Å². The van der Waals surface area contributed by atoms with Crippen molar-refractivity contribution in [1.29, 1.82) is 0 Å². The number of nitrogens with one attached hydrogen (secondary N) is 3. The van der Waals surface area contributed by atoms with Crippen molar-refractivity contribution < 1.29 is 4.79 Å². The van der Waals surface area contributed by atoms with Crippen molar-refractivity contribution in [2.24, 2.45) is 14.1 Å². The number of hydrogen-bond acceptors (Lipinski definition) is 5. The van der Waals surface area contributed by atoms with E-state index in [1.54, 1.807) is 0 Å². The Morgan fingerprint density at radius 1 is 1.04 bits per heavy atom. The summed E-state index contributed by atoms with van der Waals surface area (Å²) in [6.07, 6.45) is 1.89. The summed E-state index contributed by atoms with van der Waals surface area (Å²) in [5.74, 6) is -0.126. The number of aromatic nitrogens is 4. The summed E-state index contributed by atoms with van der Waals surface area (Å²) in [5.41, 5.74) is 6.12. The van der Waals surface area contributed by atoms with E-state index in [0.29, 0.717) is 18.8 Å². The van der Waals surface area contributed by atoms with Crippen molar-refractivity contribution in [2.75, 3.05) is 13.1 Å². The predicted octanol–water partition coefficient (Wildman–Crippen LogP) is -0.625. The molecule has 8 heteroatoms. The van der Waals surface area contributed by atoms with E-state index in [4.69, 9.17) is 0 Å². The summed E-state index contributed by atoms with van der Waals surface area (Å²) in [7, 11) is 3.87. The first-order valence-electron chi connectivity index (χ1n) is 8.43. The maximum absolute atomic E-state index is 12.6. The molecule has 0 fully saturated rings. The molecule has 0 unspecified atom stereocenters. The van der Waals surface area contributed by atoms with Gasteiger partial charge in [0, 0.05) is 75.6 Å². The Morgan fingerprint density at radius 2 is 1.67 bits per heavy atom. The molecular formula is C16H23N7O. The molecule has 0 atom stereocenters. The Hall–Kier alpha value is -2.19. The van der Waals surface area contributed by atoms with Crippen LogP contribution >= 0.6 is 0 Å². The number of amides is 1. The second-order valence-corrected chi connectivity index (χ2v) is 6.43. The topological polar surface area (TPSA) is 88.8 Å². The summed E-state index contributed by atoms with van der Waals surface area (Å²) in [6.45, 7) is 3.86. The van der Waals surface area contributed by atoms with Gasteiger partial charge in [-0.05, 0) is 0 Å². The van der Waals surface area contributed by atoms with Crippen LogP contribution in [0.5, 0.6) is 0 Å². The molecule has 0 aliphatic carbocycles. The Morgan fingerprint density at radius 3 is 2.42 bits per heavy atom. The highest BCUT2D eigenvalue weighted by Crippen LogP contribution is 2.19. The van der Waals surface area contributed by atoms with Crippen molar-refractivity contribution in [3.05, 3.63) is 33.9 Å². The van der Waals surface area contributed by atoms with Crippen LogP contribution in [0.1, 0.15) is 38.7 Å². The van der Waals surface area contributed by atoms with Crippen LogP contribution in [0, 0.1) is 0 Å². The summed E-state index contributed by atoms with van der Waals surface area (Å²) in [5, 5.41) is 18.7. The molecule has 1 amide bonds. The average molecular weight is 329 g/mol. The third-order valence-corrected chi connectivity index (χ3v) is 4.95. The Labute approximate surface area is 140 Å². The van der Waals surface area contributed by atoms with Gasteiger partial charge >= 0.3 is 0 Å². The van der Waals surface area contributed by atoms with Crippen molar-refractivity contribution in [1.82, 2.24) is 35.5 Å². The summed E-state index contributed by atoms with van der Waals surface area (Å²) in [4.78, 5) is 12.6. The molecule has 0 radical (unpaired) electrons. The normalized spacial score (nSPS) is 16.6. The Balaban J connectivity index is 1.52. The molecule has 128 valence electrons. The molecule has 2 aromatic heterocycles. The van der Waals surface area contributed by atoms with E-state index in [2.05, 4.69) is 26.1 Å². The monoisotopic (exact) mass is 329 g/mol. The van der Waals surface area contributed by atoms with Gasteiger partial charge in [-0.1, -0.05) is 0 Å². The Kier molecular flexibility index (Phi) is 3.85. The first kappa shape index (κ1) is 15.3. The lowest BCUT2D eigenvalue weighted by Gasteiger charge is -2.15. The molecular weight excluding hydrogens is 306 g/mol. The molecule has 2 aromatic rings. The minimum absolute atomic E-state index is 0.126. The van der Waals surface area contributed by atoms with Gasteiger partial charge in [0.05, 0.1) is 12.2 Å². The Bertz CT molecular complexity index is 789. The largest absolute Gasteiger partial charge is 0.345 e. The van der Waals surface area contributed by atoms with Crippen molar-refractivity contribution in [2.45, 2.75) is 32.5 Å². The van der Waals surface area contributed by atoms with Crippen molar-refractivity contribution in [3.63, 3.8) is 0 Å². The molecule has 3 N–H and O–H groups in total. The number of nitrogens with zero attached hydrogens (tertiary/aromatic N) is 4. The number of carbonyl (C=O) groups is 1. The van der Waals surface area contributed by atoms with Gasteiger partial charge < -0.3 is 16.0 Å². The van der Waals surface area contributed by atoms with Crippen LogP contribution in [-0.4, -0.2) is 38.6 Å². The molecule has 0 saturated carbocycles. The van der Waals surface area contributed by atoms with Gasteiger partial charge in [-0.3, -0.25) is 14.2 Å². The highest BCUT2D eigenvalue weighted by Gasteiger charge is 2.24. The zero-order valence-electron chi connectivity index (χ0n) is 14.1. The minimum Gasteiger partial charge on any atom is -0.345 e. The molecule has 24 heavy (non-hydrogen) atoms. The van der Waals surface area contributed by atoms with Gasteiger partial charge in [0.15, 0.2) is 5.69 Å². The number of aryl methyl sites for hydroxylation is 2. The van der Waals surface area contributed by atoms with Crippen LogP contribution in [-0.2, 0) is 46.6 Å². The summed E-state index contributed by atoms with van der Waals surface area (Å²) >= 11 is 0. The van der Waals surface area contributed by atoms with Crippen molar-refractivity contribution in [3.8, 4) is 0 Å². The lowest BCUT2D eigenvalue weighted by molar-refractivity contribution is 0.0943. The third kappa shape index (κ3) is 2.51. The molecule has 0 saturated heterocycles. The minimum atomic E-state index is -0.126. The van der Waals surface area contributed by atoms with Gasteiger partial charge in [-0.15, -0.1) is 0 Å². The number of fused-ring (bicyclic) bond motifs is 2. The number of carbonyl (C=O) groups excluding carboxylic acids is 1. The van der Waals surface area contributed by atoms with Gasteiger partial charge in [0.1, 0.15) is 0 Å². The van der Waals surface area contributed by atoms with Crippen LogP contribution in [0.4, 0.5) is 0 Å². The van der Waals surface area contributed by atoms with Gasteiger partial charge in [-0.2, -0.15) is 10.2 Å². The fourth-order valence-corrected chi connectivity index (χ4v) is 3.69. The first-order valence-corrected chi connectivity index (χ1v) is 8.43. The molecule has 0 aromatic carbocycles. The molecule has 0 spiro atoms. The van der Waals surface area contributed by atoms with Crippen LogP contribution in [0.3, 0.4) is 0 Å². The lowest BCUT2D eigenvalue weighted by atomic mass is 10.1. The molecule has 2 aliphatic heterocycles. The molecule has 0 bridgehead atoms. The van der Waals surface area contributed by atoms with E-state index in [0.717, 1.165) is 49.4 Å². The van der Waals surface area contributed by atoms with Crippen LogP contribution in [0.25, 0.3) is 0 Å². The zero-order chi connectivity index (χ0) is 16.7. The third-order valence-electron chi connectivity index (χ3n) is 4.95. The second kappa shape index (κ2) is 6.03. The maximum Gasteiger partial charge on any atom is 0.272 e. The smallest absolute Gasteiger partial charge is 0.272 e. The van der Waals surface area contributed by atoms with E-state index in [1.165, 1.54) is 11.3 Å². The molecule has 2 aliphatic rings. The molecule has 4 heterocycles. The summed E-state index contributed by atoms with van der Waals surface area (Å²) in [6, 6.07) is 0. The fourth-order valence-electron chi connectivity index (χ4n) is 3.69. The SMILES string of the molecule is Cn1nc(CNC(=O)c2nn(C)c3c2CNCC3)c2c1CCNC2. The molecule has 8 nitrogen and oxygen atoms in total. The van der Waals surface area contributed by atoms with E-state index in [9.17, 15) is 4.79 Å². The number of rotatable bonds is 3. The van der Waals surface area contributed by atoms with Crippen LogP contribution in [0.15, 0.2) is 0 Å². The van der Waals surface area contributed by atoms with Gasteiger partial charge in [-0.25, -0.2) is 0 Å². The standard InChI is InChI=1S/C16H23N7O/c1-22-13-3-5-17-7-10(13)12(20-22)9-19-16(24)15-11-8-18-6-4-14(11)23(2)21-15/h17-18H,3-9H2,1-2H3,(H,19,24). The maximum atomic E-state index is 12.6. The van der Waals surface area contributed by atoms with Crippen LogP contribution in [0.2, 0.25) is 0 Å². The van der Waals surface area contributed by atoms with E-state index < -0.39 is 0 Å². The second-order valence-electron chi connectivity index (χ2n) is 6.43. The quantitative estimate of drug-likeness (QED) is 0.698. The van der Waals surface area contributed by atoms with Crippen LogP contribution < -0.4 is 16.0 Å². The van der Waals surface area contributed by atoms with Gasteiger partial charge in [0.25, 0.3) is 5.91 Å². The highest BCUT2D eigenvalue weighted by atomic mass is 16.2. The predicted molar refractivity (Wildman–Crippen MR) is 88.4 cm³/mol. The number of hydrogen-bond donors (Lipinski definition) is 3. The molecule has 4 rings (SSSR count). The lowest BCUT2D eigenvalue weighted by Crippen LogP contribution is -2.29. The highest BCUT2D eigenvalue weighted by molar-refractivity contribution is 5.94. The van der Waals surface area contributed by atoms with Gasteiger partial charge in [0.2, 0.25) is 0 Å². The zero-order valence-corrected chi connectivity index (χ0v) is 14.1. The van der Waals surface area contributed by atoms with Crippen molar-refractivity contribution >= 4 is 5.91 Å². The average Bonchev–Trinajstić information content (AvgIpc) is 3.11.